The number of anilines is 2. The molecule has 0 spiro atoms. The van der Waals surface area contributed by atoms with E-state index in [1.165, 1.54) is 17.8 Å². The molecule has 1 aliphatic rings. The van der Waals surface area contributed by atoms with Crippen molar-refractivity contribution < 1.29 is 34.0 Å². The van der Waals surface area contributed by atoms with E-state index >= 15 is 0 Å². The van der Waals surface area contributed by atoms with Crippen LogP contribution in [0.2, 0.25) is 0 Å². The summed E-state index contributed by atoms with van der Waals surface area (Å²) in [5, 5.41) is 32.9. The number of ether oxygens (including phenoxy) is 1. The topological polar surface area (TPSA) is 198 Å². The van der Waals surface area contributed by atoms with Gasteiger partial charge >= 0.3 is 7.60 Å². The summed E-state index contributed by atoms with van der Waals surface area (Å²) in [7, 11) is -2.79. The average Bonchev–Trinajstić information content (AvgIpc) is 3.33. The molecule has 14 heteroatoms. The molecule has 1 saturated heterocycles. The van der Waals surface area contributed by atoms with Crippen molar-refractivity contribution in [3.8, 4) is 0 Å². The molecule has 6 atom stereocenters. The van der Waals surface area contributed by atoms with E-state index in [1.54, 1.807) is 27.8 Å². The monoisotopic (exact) mass is 502 g/mol. The zero-order valence-corrected chi connectivity index (χ0v) is 20.9. The molecule has 0 aromatic carbocycles. The van der Waals surface area contributed by atoms with Crippen molar-refractivity contribution in [3.63, 3.8) is 0 Å². The SMILES string of the molecule is CCC(CC)(CC1O[C@@H](n2cnc3c(NC)nc(N)nc32)[C@H](O)[C@@H]1O)OP(=O)(O)C(C)(O)CC. The van der Waals surface area contributed by atoms with Crippen molar-refractivity contribution in [2.45, 2.75) is 88.9 Å². The Bertz CT molecular complexity index is 1060. The minimum atomic E-state index is -4.45. The average molecular weight is 503 g/mol. The van der Waals surface area contributed by atoms with Gasteiger partial charge in [-0.3, -0.25) is 13.7 Å². The highest BCUT2D eigenvalue weighted by Crippen LogP contribution is 2.59. The molecule has 0 amide bonds. The number of nitrogens with zero attached hydrogens (tertiary/aromatic N) is 4. The van der Waals surface area contributed by atoms with Crippen LogP contribution >= 0.6 is 7.60 Å². The van der Waals surface area contributed by atoms with E-state index in [9.17, 15) is 24.8 Å². The largest absolute Gasteiger partial charge is 0.388 e. The van der Waals surface area contributed by atoms with Crippen molar-refractivity contribution in [2.24, 2.45) is 0 Å². The van der Waals surface area contributed by atoms with Crippen molar-refractivity contribution in [1.29, 1.82) is 0 Å². The Hall–Kier alpha value is -1.86. The molecule has 0 radical (unpaired) electrons. The molecule has 34 heavy (non-hydrogen) atoms. The Kier molecular flexibility index (Phi) is 7.59. The van der Waals surface area contributed by atoms with Crippen LogP contribution in [0.25, 0.3) is 11.2 Å². The molecule has 0 bridgehead atoms. The minimum absolute atomic E-state index is 0.00455. The zero-order chi connectivity index (χ0) is 25.5. The summed E-state index contributed by atoms with van der Waals surface area (Å²) in [5.41, 5.74) is 5.33. The number of aliphatic hydroxyl groups is 3. The maximum Gasteiger partial charge on any atom is 0.359 e. The molecule has 3 heterocycles. The van der Waals surface area contributed by atoms with Crippen molar-refractivity contribution in [2.75, 3.05) is 18.1 Å². The first kappa shape index (κ1) is 26.7. The van der Waals surface area contributed by atoms with Crippen molar-refractivity contribution in [1.82, 2.24) is 19.5 Å². The maximum atomic E-state index is 12.9. The Labute approximate surface area is 197 Å². The smallest absolute Gasteiger partial charge is 0.359 e. The van der Waals surface area contributed by atoms with Gasteiger partial charge < -0.3 is 36.0 Å². The molecule has 3 rings (SSSR count). The van der Waals surface area contributed by atoms with E-state index in [-0.39, 0.29) is 18.8 Å². The van der Waals surface area contributed by atoms with Crippen LogP contribution in [0, 0.1) is 0 Å². The van der Waals surface area contributed by atoms with Gasteiger partial charge in [0.1, 0.15) is 12.2 Å². The Morgan fingerprint density at radius 2 is 1.88 bits per heavy atom. The van der Waals surface area contributed by atoms with Crippen LogP contribution in [-0.4, -0.2) is 76.0 Å². The number of fused-ring (bicyclic) bond motifs is 1. The molecule has 1 aliphatic heterocycles. The second kappa shape index (κ2) is 9.65. The molecule has 192 valence electrons. The first-order valence-corrected chi connectivity index (χ1v) is 12.9. The predicted molar refractivity (Wildman–Crippen MR) is 125 cm³/mol. The van der Waals surface area contributed by atoms with Crippen LogP contribution in [0.1, 0.15) is 59.6 Å². The van der Waals surface area contributed by atoms with Crippen molar-refractivity contribution >= 4 is 30.5 Å². The Morgan fingerprint density at radius 1 is 1.24 bits per heavy atom. The second-order valence-electron chi connectivity index (χ2n) is 8.83. The number of nitrogens with one attached hydrogen (secondary N) is 1. The predicted octanol–water partition coefficient (Wildman–Crippen LogP) is 1.34. The quantitative estimate of drug-likeness (QED) is 0.255. The summed E-state index contributed by atoms with van der Waals surface area (Å²) < 4.78 is 26.1. The minimum Gasteiger partial charge on any atom is -0.388 e. The lowest BCUT2D eigenvalue weighted by Crippen LogP contribution is -2.41. The Morgan fingerprint density at radius 3 is 2.44 bits per heavy atom. The molecule has 7 N–H and O–H groups in total. The highest BCUT2D eigenvalue weighted by molar-refractivity contribution is 7.54. The van der Waals surface area contributed by atoms with Crippen molar-refractivity contribution in [3.05, 3.63) is 6.33 Å². The van der Waals surface area contributed by atoms with E-state index in [0.717, 1.165) is 0 Å². The molecule has 13 nitrogen and oxygen atoms in total. The van der Waals surface area contributed by atoms with Gasteiger partial charge in [-0.1, -0.05) is 20.8 Å². The fourth-order valence-electron chi connectivity index (χ4n) is 4.05. The maximum absolute atomic E-state index is 12.9. The first-order valence-electron chi connectivity index (χ1n) is 11.3. The van der Waals surface area contributed by atoms with E-state index in [0.29, 0.717) is 29.8 Å². The van der Waals surface area contributed by atoms with Gasteiger partial charge in [-0.25, -0.2) is 4.98 Å². The van der Waals surface area contributed by atoms with E-state index in [1.807, 2.05) is 0 Å². The standard InChI is InChI=1S/C20H35N6O7P/c1-6-19(4,29)34(30,31)33-20(7-2,8-3)9-11-13(27)14(28)17(32-11)26-10-23-12-15(22-5)24-18(21)25-16(12)26/h10-11,13-14,17,27-29H,6-9H2,1-5H3,(H,30,31)(H3,21,22,24,25)/t11?,13-,14-,17-,19?/m1/s1. The summed E-state index contributed by atoms with van der Waals surface area (Å²) in [6.45, 7) is 6.40. The fourth-order valence-corrected chi connectivity index (χ4v) is 5.51. The van der Waals surface area contributed by atoms with Gasteiger partial charge in [0.15, 0.2) is 28.6 Å². The molecular weight excluding hydrogens is 467 g/mol. The van der Waals surface area contributed by atoms with Gasteiger partial charge in [0, 0.05) is 13.5 Å². The van der Waals surface area contributed by atoms with Gasteiger partial charge in [-0.15, -0.1) is 0 Å². The molecule has 3 unspecified atom stereocenters. The fraction of sp³-hybridized carbons (Fsp3) is 0.750. The third-order valence-electron chi connectivity index (χ3n) is 6.74. The third kappa shape index (κ3) is 4.66. The molecule has 0 saturated carbocycles. The summed E-state index contributed by atoms with van der Waals surface area (Å²) >= 11 is 0. The van der Waals surface area contributed by atoms with Crippen LogP contribution in [-0.2, 0) is 13.8 Å². The lowest BCUT2D eigenvalue weighted by atomic mass is 9.88. The normalized spacial score (nSPS) is 27.0. The number of hydrogen-bond acceptors (Lipinski definition) is 11. The molecule has 0 aliphatic carbocycles. The summed E-state index contributed by atoms with van der Waals surface area (Å²) in [6.07, 6.45) is -2.60. The van der Waals surface area contributed by atoms with Crippen LogP contribution in [0.5, 0.6) is 0 Å². The van der Waals surface area contributed by atoms with E-state index in [2.05, 4.69) is 20.3 Å². The summed E-state index contributed by atoms with van der Waals surface area (Å²) in [6, 6.07) is 0. The molecule has 2 aromatic rings. The van der Waals surface area contributed by atoms with Gasteiger partial charge in [0.25, 0.3) is 0 Å². The number of nitrogens with two attached hydrogens (primary N) is 1. The highest BCUT2D eigenvalue weighted by Gasteiger charge is 2.51. The van der Waals surface area contributed by atoms with Gasteiger partial charge in [0.05, 0.1) is 18.0 Å². The van der Waals surface area contributed by atoms with Crippen LogP contribution < -0.4 is 11.1 Å². The molecule has 2 aromatic heterocycles. The van der Waals surface area contributed by atoms with Crippen LogP contribution in [0.3, 0.4) is 0 Å². The number of imidazole rings is 1. The number of rotatable bonds is 10. The summed E-state index contributed by atoms with van der Waals surface area (Å²) in [5.74, 6) is 0.395. The number of nitrogen functional groups attached to an aromatic ring is 1. The van der Waals surface area contributed by atoms with Gasteiger partial charge in [0.2, 0.25) is 5.95 Å². The lowest BCUT2D eigenvalue weighted by Gasteiger charge is -2.39. The highest BCUT2D eigenvalue weighted by atomic mass is 31.2. The second-order valence-corrected chi connectivity index (χ2v) is 11.0. The lowest BCUT2D eigenvalue weighted by molar-refractivity contribution is -0.0753. The number of aliphatic hydroxyl groups excluding tert-OH is 2. The number of aromatic nitrogens is 4. The third-order valence-corrected chi connectivity index (χ3v) is 8.91. The van der Waals surface area contributed by atoms with Crippen LogP contribution in [0.4, 0.5) is 11.8 Å². The van der Waals surface area contributed by atoms with E-state index < -0.39 is 43.1 Å². The zero-order valence-electron chi connectivity index (χ0n) is 20.0. The molecule has 1 fully saturated rings. The van der Waals surface area contributed by atoms with E-state index in [4.69, 9.17) is 15.0 Å². The van der Waals surface area contributed by atoms with Crippen LogP contribution in [0.15, 0.2) is 6.33 Å². The van der Waals surface area contributed by atoms with Gasteiger partial charge in [-0.2, -0.15) is 9.97 Å². The van der Waals surface area contributed by atoms with Gasteiger partial charge in [-0.05, 0) is 26.2 Å². The molecular formula is C20H35N6O7P. The first-order chi connectivity index (χ1) is 15.8. The summed E-state index contributed by atoms with van der Waals surface area (Å²) in [4.78, 5) is 23.1. The number of hydrogen-bond donors (Lipinski definition) is 6. The Balaban J connectivity index is 1.90.